The quantitative estimate of drug-likeness (QED) is 0.690. The number of allylic oxidation sites excluding steroid dienone is 5. The van der Waals surface area contributed by atoms with Crippen molar-refractivity contribution in [1.29, 1.82) is 0 Å². The highest BCUT2D eigenvalue weighted by Crippen LogP contribution is 2.56. The van der Waals surface area contributed by atoms with Gasteiger partial charge in [0.25, 0.3) is 0 Å². The lowest BCUT2D eigenvalue weighted by molar-refractivity contribution is 0.765. The molecule has 1 aliphatic carbocycles. The van der Waals surface area contributed by atoms with Gasteiger partial charge in [-0.25, -0.2) is 0 Å². The van der Waals surface area contributed by atoms with Crippen LogP contribution in [0.4, 0.5) is 0 Å². The molecule has 21 heavy (non-hydrogen) atoms. The standard InChI is InChI=1S/C20H16S/c1-3-9-15(10-4-1)19-17-13-7-8-14-18(17)20(21-19)16-11-5-2-6-12-16/h1-14,17,19H/t17-,19-/m1/s1. The molecule has 0 amide bonds. The minimum atomic E-state index is 0.484. The lowest BCUT2D eigenvalue weighted by Gasteiger charge is -2.19. The van der Waals surface area contributed by atoms with E-state index in [4.69, 9.17) is 0 Å². The number of hydrogen-bond donors (Lipinski definition) is 0. The summed E-state index contributed by atoms with van der Waals surface area (Å²) in [5, 5.41) is 0.484. The molecule has 0 unspecified atom stereocenters. The minimum Gasteiger partial charge on any atom is -0.116 e. The third-order valence-electron chi connectivity index (χ3n) is 4.06. The number of rotatable bonds is 2. The SMILES string of the molecule is C1=CC2=C(c3ccccc3)S[C@H](c3ccccc3)[C@@H]2C=C1. The van der Waals surface area contributed by atoms with Crippen molar-refractivity contribution >= 4 is 16.7 Å². The van der Waals surface area contributed by atoms with Crippen LogP contribution in [0.1, 0.15) is 16.4 Å². The first kappa shape index (κ1) is 12.7. The monoisotopic (exact) mass is 288 g/mol. The fraction of sp³-hybridized carbons (Fsp3) is 0.100. The molecule has 4 rings (SSSR count). The van der Waals surface area contributed by atoms with E-state index in [2.05, 4.69) is 85.0 Å². The molecule has 2 aliphatic rings. The van der Waals surface area contributed by atoms with Gasteiger partial charge in [0.2, 0.25) is 0 Å². The van der Waals surface area contributed by atoms with Gasteiger partial charge in [-0.3, -0.25) is 0 Å². The van der Waals surface area contributed by atoms with Gasteiger partial charge in [0.15, 0.2) is 0 Å². The van der Waals surface area contributed by atoms with Crippen LogP contribution in [0.5, 0.6) is 0 Å². The Morgan fingerprint density at radius 3 is 2.24 bits per heavy atom. The Kier molecular flexibility index (Phi) is 3.28. The molecular weight excluding hydrogens is 272 g/mol. The Balaban J connectivity index is 1.78. The first-order valence-corrected chi connectivity index (χ1v) is 8.17. The zero-order valence-corrected chi connectivity index (χ0v) is 12.5. The van der Waals surface area contributed by atoms with Gasteiger partial charge in [-0.1, -0.05) is 85.0 Å². The maximum absolute atomic E-state index is 2.34. The van der Waals surface area contributed by atoms with E-state index in [9.17, 15) is 0 Å². The van der Waals surface area contributed by atoms with Crippen molar-refractivity contribution < 1.29 is 0 Å². The van der Waals surface area contributed by atoms with E-state index in [-0.39, 0.29) is 0 Å². The molecule has 102 valence electrons. The highest BCUT2D eigenvalue weighted by molar-refractivity contribution is 8.08. The predicted molar refractivity (Wildman–Crippen MR) is 91.9 cm³/mol. The topological polar surface area (TPSA) is 0 Å². The van der Waals surface area contributed by atoms with Crippen molar-refractivity contribution in [3.05, 3.63) is 102 Å². The predicted octanol–water partition coefficient (Wildman–Crippen LogP) is 5.63. The molecule has 0 radical (unpaired) electrons. The van der Waals surface area contributed by atoms with Crippen LogP contribution < -0.4 is 0 Å². The van der Waals surface area contributed by atoms with Crippen LogP contribution in [0.25, 0.3) is 4.91 Å². The highest BCUT2D eigenvalue weighted by Gasteiger charge is 2.34. The summed E-state index contributed by atoms with van der Waals surface area (Å²) in [7, 11) is 0. The van der Waals surface area contributed by atoms with E-state index in [0.29, 0.717) is 11.2 Å². The second kappa shape index (κ2) is 5.42. The van der Waals surface area contributed by atoms with Gasteiger partial charge in [0, 0.05) is 16.1 Å². The van der Waals surface area contributed by atoms with Gasteiger partial charge >= 0.3 is 0 Å². The van der Waals surface area contributed by atoms with Gasteiger partial charge < -0.3 is 0 Å². The second-order valence-electron chi connectivity index (χ2n) is 5.37. The summed E-state index contributed by atoms with van der Waals surface area (Å²) in [6.07, 6.45) is 8.96. The molecule has 2 atom stereocenters. The van der Waals surface area contributed by atoms with Crippen LogP contribution in [-0.4, -0.2) is 0 Å². The van der Waals surface area contributed by atoms with Gasteiger partial charge in [-0.2, -0.15) is 0 Å². The number of thioether (sulfide) groups is 1. The van der Waals surface area contributed by atoms with Crippen molar-refractivity contribution in [2.45, 2.75) is 5.25 Å². The van der Waals surface area contributed by atoms with Gasteiger partial charge in [0.1, 0.15) is 0 Å². The van der Waals surface area contributed by atoms with Crippen LogP contribution in [0, 0.1) is 5.92 Å². The molecule has 0 saturated heterocycles. The molecule has 2 aromatic rings. The smallest absolute Gasteiger partial charge is 0.0448 e. The van der Waals surface area contributed by atoms with E-state index < -0.39 is 0 Å². The number of fused-ring (bicyclic) bond motifs is 1. The molecular formula is C20H16S. The Hall–Kier alpha value is -1.99. The molecule has 0 nitrogen and oxygen atoms in total. The summed E-state index contributed by atoms with van der Waals surface area (Å²) in [5.74, 6) is 0.484. The molecule has 0 bridgehead atoms. The minimum absolute atomic E-state index is 0.484. The van der Waals surface area contributed by atoms with Gasteiger partial charge in [-0.05, 0) is 16.7 Å². The van der Waals surface area contributed by atoms with Crippen molar-refractivity contribution in [2.24, 2.45) is 5.92 Å². The van der Waals surface area contributed by atoms with Crippen molar-refractivity contribution in [3.8, 4) is 0 Å². The maximum Gasteiger partial charge on any atom is 0.0448 e. The third kappa shape index (κ3) is 2.28. The Morgan fingerprint density at radius 2 is 1.48 bits per heavy atom. The summed E-state index contributed by atoms with van der Waals surface area (Å²) in [6.45, 7) is 0. The van der Waals surface area contributed by atoms with Crippen LogP contribution in [0.3, 0.4) is 0 Å². The zero-order chi connectivity index (χ0) is 14.1. The average Bonchev–Trinajstić information content (AvgIpc) is 2.96. The molecule has 1 heterocycles. The highest BCUT2D eigenvalue weighted by atomic mass is 32.2. The third-order valence-corrected chi connectivity index (χ3v) is 5.59. The van der Waals surface area contributed by atoms with Crippen LogP contribution in [0.15, 0.2) is 90.5 Å². The fourth-order valence-electron chi connectivity index (χ4n) is 3.06. The molecule has 2 aromatic carbocycles. The normalized spacial score (nSPS) is 23.4. The second-order valence-corrected chi connectivity index (χ2v) is 6.52. The van der Waals surface area contributed by atoms with Crippen molar-refractivity contribution in [1.82, 2.24) is 0 Å². The van der Waals surface area contributed by atoms with Crippen LogP contribution in [-0.2, 0) is 0 Å². The van der Waals surface area contributed by atoms with Gasteiger partial charge in [0.05, 0.1) is 0 Å². The fourth-order valence-corrected chi connectivity index (χ4v) is 4.60. The van der Waals surface area contributed by atoms with E-state index in [1.165, 1.54) is 21.6 Å². The van der Waals surface area contributed by atoms with Gasteiger partial charge in [-0.15, -0.1) is 11.8 Å². The van der Waals surface area contributed by atoms with E-state index in [1.54, 1.807) is 0 Å². The number of hydrogen-bond acceptors (Lipinski definition) is 1. The van der Waals surface area contributed by atoms with Crippen LogP contribution in [0.2, 0.25) is 0 Å². The summed E-state index contributed by atoms with van der Waals surface area (Å²) in [4.78, 5) is 1.43. The average molecular weight is 288 g/mol. The molecule has 0 spiro atoms. The number of benzene rings is 2. The van der Waals surface area contributed by atoms with Crippen molar-refractivity contribution in [3.63, 3.8) is 0 Å². The molecule has 1 heteroatoms. The molecule has 0 fully saturated rings. The first-order valence-electron chi connectivity index (χ1n) is 7.29. The van der Waals surface area contributed by atoms with E-state index >= 15 is 0 Å². The van der Waals surface area contributed by atoms with E-state index in [0.717, 1.165) is 0 Å². The van der Waals surface area contributed by atoms with E-state index in [1.807, 2.05) is 11.8 Å². The zero-order valence-electron chi connectivity index (χ0n) is 11.6. The Morgan fingerprint density at radius 1 is 0.762 bits per heavy atom. The Labute approximate surface area is 129 Å². The van der Waals surface area contributed by atoms with Crippen molar-refractivity contribution in [2.75, 3.05) is 0 Å². The summed E-state index contributed by atoms with van der Waals surface area (Å²) < 4.78 is 0. The maximum atomic E-state index is 2.34. The molecule has 0 saturated carbocycles. The molecule has 1 aliphatic heterocycles. The summed E-state index contributed by atoms with van der Waals surface area (Å²) in [5.41, 5.74) is 4.21. The Bertz CT molecular complexity index is 723. The lowest BCUT2D eigenvalue weighted by atomic mass is 9.87. The molecule has 0 aromatic heterocycles. The summed E-state index contributed by atoms with van der Waals surface area (Å²) in [6, 6.07) is 21.6. The van der Waals surface area contributed by atoms with Crippen LogP contribution >= 0.6 is 11.8 Å². The molecule has 0 N–H and O–H groups in total. The first-order chi connectivity index (χ1) is 10.4. The largest absolute Gasteiger partial charge is 0.116 e. The summed E-state index contributed by atoms with van der Waals surface area (Å²) >= 11 is 2.00. The lowest BCUT2D eigenvalue weighted by Crippen LogP contribution is -2.06.